The van der Waals surface area contributed by atoms with Crippen LogP contribution in [0.3, 0.4) is 0 Å². The van der Waals surface area contributed by atoms with E-state index < -0.39 is 24.1 Å². The minimum atomic E-state index is -1.14. The van der Waals surface area contributed by atoms with Crippen molar-refractivity contribution in [1.29, 1.82) is 0 Å². The summed E-state index contributed by atoms with van der Waals surface area (Å²) in [6.07, 6.45) is 0.908. The van der Waals surface area contributed by atoms with Crippen LogP contribution in [0.1, 0.15) is 41.6 Å². The fraction of sp³-hybridized carbons (Fsp3) is 0.250. The van der Waals surface area contributed by atoms with E-state index in [9.17, 15) is 14.0 Å². The molecule has 0 aliphatic heterocycles. The lowest BCUT2D eigenvalue weighted by Crippen LogP contribution is -2.16. The molecule has 6 nitrogen and oxygen atoms in total. The Labute approximate surface area is 142 Å². The van der Waals surface area contributed by atoms with Gasteiger partial charge in [-0.3, -0.25) is 9.59 Å². The number of hydrogen-bond donors (Lipinski definition) is 2. The number of halogens is 2. The molecular formula is C16H15ClFN3O3. The number of carboxylic acid groups (broad SMARTS) is 1. The molecule has 1 aromatic carbocycles. The molecule has 2 rings (SSSR count). The maximum absolute atomic E-state index is 13.8. The first kappa shape index (κ1) is 17.8. The smallest absolute Gasteiger partial charge is 0.307 e. The van der Waals surface area contributed by atoms with Crippen LogP contribution in [-0.4, -0.2) is 27.0 Å². The van der Waals surface area contributed by atoms with E-state index in [1.54, 1.807) is 0 Å². The van der Waals surface area contributed by atoms with Crippen LogP contribution >= 0.6 is 11.6 Å². The Balaban J connectivity index is 2.22. The van der Waals surface area contributed by atoms with Crippen molar-refractivity contribution in [3.05, 3.63) is 52.3 Å². The highest BCUT2D eigenvalue weighted by atomic mass is 35.5. The Morgan fingerprint density at radius 3 is 2.67 bits per heavy atom. The molecule has 0 unspecified atom stereocenters. The summed E-state index contributed by atoms with van der Waals surface area (Å²) in [5, 5.41) is 11.3. The van der Waals surface area contributed by atoms with Crippen molar-refractivity contribution in [3.63, 3.8) is 0 Å². The number of nitrogens with zero attached hydrogens (tertiary/aromatic N) is 2. The molecular weight excluding hydrogens is 337 g/mol. The average molecular weight is 352 g/mol. The minimum absolute atomic E-state index is 0.00890. The Bertz CT molecular complexity index is 796. The number of benzene rings is 1. The van der Waals surface area contributed by atoms with Gasteiger partial charge in [0.15, 0.2) is 5.69 Å². The Morgan fingerprint density at radius 2 is 2.08 bits per heavy atom. The number of carbonyl (C=O) groups excluding carboxylic acids is 1. The van der Waals surface area contributed by atoms with Gasteiger partial charge in [-0.15, -0.1) is 0 Å². The molecule has 0 bridgehead atoms. The third-order valence-corrected chi connectivity index (χ3v) is 3.42. The quantitative estimate of drug-likeness (QED) is 0.862. The molecule has 0 saturated heterocycles. The van der Waals surface area contributed by atoms with Crippen molar-refractivity contribution in [2.45, 2.75) is 26.2 Å². The van der Waals surface area contributed by atoms with Gasteiger partial charge in [0.05, 0.1) is 17.6 Å². The van der Waals surface area contributed by atoms with Crippen molar-refractivity contribution >= 4 is 29.2 Å². The van der Waals surface area contributed by atoms with Crippen molar-refractivity contribution in [3.8, 4) is 0 Å². The number of aliphatic carboxylic acids is 1. The zero-order chi connectivity index (χ0) is 17.9. The van der Waals surface area contributed by atoms with Crippen LogP contribution in [0.4, 0.5) is 10.1 Å². The van der Waals surface area contributed by atoms with Gasteiger partial charge in [0.1, 0.15) is 11.6 Å². The number of hydrogen-bond acceptors (Lipinski definition) is 4. The van der Waals surface area contributed by atoms with Crippen LogP contribution in [0, 0.1) is 5.82 Å². The highest BCUT2D eigenvalue weighted by Gasteiger charge is 2.16. The van der Waals surface area contributed by atoms with E-state index >= 15 is 0 Å². The normalized spacial score (nSPS) is 10.7. The second-order valence-electron chi connectivity index (χ2n) is 5.41. The summed E-state index contributed by atoms with van der Waals surface area (Å²) in [6, 6.07) is 3.77. The molecule has 24 heavy (non-hydrogen) atoms. The molecule has 0 aliphatic rings. The first-order valence-electron chi connectivity index (χ1n) is 7.12. The third-order valence-electron chi connectivity index (χ3n) is 3.15. The molecule has 0 fully saturated rings. The number of amides is 1. The third kappa shape index (κ3) is 4.26. The molecule has 1 amide bonds. The SMILES string of the molecule is CC(C)c1ncc(Cl)c(C(=O)Nc2ccc(CC(=O)O)c(F)c2)n1. The fourth-order valence-corrected chi connectivity index (χ4v) is 2.12. The topological polar surface area (TPSA) is 92.2 Å². The maximum Gasteiger partial charge on any atom is 0.307 e. The van der Waals surface area contributed by atoms with Gasteiger partial charge in [0.25, 0.3) is 5.91 Å². The van der Waals surface area contributed by atoms with E-state index in [1.807, 2.05) is 13.8 Å². The summed E-state index contributed by atoms with van der Waals surface area (Å²) >= 11 is 5.95. The van der Waals surface area contributed by atoms with Gasteiger partial charge in [0, 0.05) is 11.6 Å². The molecule has 2 aromatic rings. The van der Waals surface area contributed by atoms with E-state index in [-0.39, 0.29) is 27.9 Å². The fourth-order valence-electron chi connectivity index (χ4n) is 1.94. The number of carbonyl (C=O) groups is 2. The van der Waals surface area contributed by atoms with Gasteiger partial charge in [-0.1, -0.05) is 31.5 Å². The summed E-state index contributed by atoms with van der Waals surface area (Å²) < 4.78 is 13.8. The highest BCUT2D eigenvalue weighted by Crippen LogP contribution is 2.19. The Kier molecular flexibility index (Phi) is 5.46. The summed E-state index contributed by atoms with van der Waals surface area (Å²) in [5.41, 5.74) is 0.195. The van der Waals surface area contributed by atoms with Crippen LogP contribution in [0.2, 0.25) is 5.02 Å². The maximum atomic E-state index is 13.8. The molecule has 126 valence electrons. The summed E-state index contributed by atoms with van der Waals surface area (Å²) in [6.45, 7) is 3.75. The number of nitrogens with one attached hydrogen (secondary N) is 1. The zero-order valence-corrected chi connectivity index (χ0v) is 13.8. The number of carboxylic acids is 1. The summed E-state index contributed by atoms with van der Waals surface area (Å²) in [5.74, 6) is -1.98. The predicted octanol–water partition coefficient (Wildman–Crippen LogP) is 3.27. The molecule has 0 saturated carbocycles. The van der Waals surface area contributed by atoms with Gasteiger partial charge >= 0.3 is 5.97 Å². The van der Waals surface area contributed by atoms with Gasteiger partial charge in [-0.2, -0.15) is 0 Å². The molecule has 2 N–H and O–H groups in total. The van der Waals surface area contributed by atoms with Crippen molar-refractivity contribution in [1.82, 2.24) is 9.97 Å². The van der Waals surface area contributed by atoms with Gasteiger partial charge in [-0.05, 0) is 17.7 Å². The van der Waals surface area contributed by atoms with E-state index in [0.29, 0.717) is 5.82 Å². The average Bonchev–Trinajstić information content (AvgIpc) is 2.49. The van der Waals surface area contributed by atoms with E-state index in [2.05, 4.69) is 15.3 Å². The lowest BCUT2D eigenvalue weighted by atomic mass is 10.1. The monoisotopic (exact) mass is 351 g/mol. The van der Waals surface area contributed by atoms with E-state index in [4.69, 9.17) is 16.7 Å². The molecule has 0 aliphatic carbocycles. The molecule has 1 aromatic heterocycles. The molecule has 8 heteroatoms. The van der Waals surface area contributed by atoms with Crippen molar-refractivity contribution < 1.29 is 19.1 Å². The molecule has 0 spiro atoms. The largest absolute Gasteiger partial charge is 0.481 e. The summed E-state index contributed by atoms with van der Waals surface area (Å²) in [7, 11) is 0. The van der Waals surface area contributed by atoms with Crippen LogP contribution < -0.4 is 5.32 Å². The lowest BCUT2D eigenvalue weighted by Gasteiger charge is -2.10. The van der Waals surface area contributed by atoms with E-state index in [1.165, 1.54) is 18.3 Å². The highest BCUT2D eigenvalue weighted by molar-refractivity contribution is 6.33. The van der Waals surface area contributed by atoms with Crippen LogP contribution in [0.5, 0.6) is 0 Å². The van der Waals surface area contributed by atoms with Gasteiger partial charge in [0.2, 0.25) is 0 Å². The van der Waals surface area contributed by atoms with Crippen LogP contribution in [0.25, 0.3) is 0 Å². The van der Waals surface area contributed by atoms with Crippen molar-refractivity contribution in [2.75, 3.05) is 5.32 Å². The predicted molar refractivity (Wildman–Crippen MR) is 86.8 cm³/mol. The molecule has 0 atom stereocenters. The second kappa shape index (κ2) is 7.35. The lowest BCUT2D eigenvalue weighted by molar-refractivity contribution is -0.136. The minimum Gasteiger partial charge on any atom is -0.481 e. The van der Waals surface area contributed by atoms with Crippen LogP contribution in [-0.2, 0) is 11.2 Å². The Morgan fingerprint density at radius 1 is 1.38 bits per heavy atom. The van der Waals surface area contributed by atoms with Gasteiger partial charge < -0.3 is 10.4 Å². The number of anilines is 1. The number of aromatic nitrogens is 2. The first-order valence-corrected chi connectivity index (χ1v) is 7.49. The van der Waals surface area contributed by atoms with Crippen molar-refractivity contribution in [2.24, 2.45) is 0 Å². The first-order chi connectivity index (χ1) is 11.3. The van der Waals surface area contributed by atoms with E-state index in [0.717, 1.165) is 6.07 Å². The second-order valence-corrected chi connectivity index (χ2v) is 5.82. The molecule has 1 heterocycles. The van der Waals surface area contributed by atoms with Crippen LogP contribution in [0.15, 0.2) is 24.4 Å². The molecule has 0 radical (unpaired) electrons. The Hall–Kier alpha value is -2.54. The summed E-state index contributed by atoms with van der Waals surface area (Å²) in [4.78, 5) is 31.1. The standard InChI is InChI=1S/C16H15ClFN3O3/c1-8(2)15-19-7-11(17)14(21-15)16(24)20-10-4-3-9(5-13(22)23)12(18)6-10/h3-4,6-8H,5H2,1-2H3,(H,20,24)(H,22,23). The zero-order valence-electron chi connectivity index (χ0n) is 13.0. The van der Waals surface area contributed by atoms with Gasteiger partial charge in [-0.25, -0.2) is 14.4 Å². The number of rotatable bonds is 5.